The van der Waals surface area contributed by atoms with E-state index in [4.69, 9.17) is 23.2 Å². The normalized spacial score (nSPS) is 9.38. The third-order valence-corrected chi connectivity index (χ3v) is 2.59. The van der Waals surface area contributed by atoms with Crippen molar-refractivity contribution in [2.75, 3.05) is 0 Å². The lowest BCUT2D eigenvalue weighted by Crippen LogP contribution is -1.77. The van der Waals surface area contributed by atoms with Gasteiger partial charge >= 0.3 is 0 Å². The van der Waals surface area contributed by atoms with E-state index in [1.54, 1.807) is 12.1 Å². The second-order valence-corrected chi connectivity index (χ2v) is 4.08. The van der Waals surface area contributed by atoms with Crippen LogP contribution in [0.1, 0.15) is 11.1 Å². The third-order valence-electron chi connectivity index (χ3n) is 2.05. The minimum absolute atomic E-state index is 0.580. The van der Waals surface area contributed by atoms with Crippen LogP contribution in [-0.4, -0.2) is 0 Å². The Morgan fingerprint density at radius 3 is 2.25 bits per heavy atom. The van der Waals surface area contributed by atoms with Gasteiger partial charge in [-0.05, 0) is 30.3 Å². The molecule has 0 bridgehead atoms. The smallest absolute Gasteiger partial charge is 0.0577 e. The largest absolute Gasteiger partial charge is 0.0843 e. The summed E-state index contributed by atoms with van der Waals surface area (Å²) in [7, 11) is 0. The fourth-order valence-corrected chi connectivity index (χ4v) is 1.71. The summed E-state index contributed by atoms with van der Waals surface area (Å²) in [6.07, 6.45) is 0. The first-order valence-electron chi connectivity index (χ1n) is 4.78. The van der Waals surface area contributed by atoms with Gasteiger partial charge in [0.25, 0.3) is 0 Å². The first-order valence-corrected chi connectivity index (χ1v) is 5.53. The van der Waals surface area contributed by atoms with Crippen LogP contribution < -0.4 is 0 Å². The first-order chi connectivity index (χ1) is 7.75. The lowest BCUT2D eigenvalue weighted by molar-refractivity contribution is 1.62. The Labute approximate surface area is 105 Å². The van der Waals surface area contributed by atoms with Crippen molar-refractivity contribution in [3.05, 3.63) is 69.7 Å². The second kappa shape index (κ2) is 5.07. The van der Waals surface area contributed by atoms with Gasteiger partial charge in [-0.15, -0.1) is 0 Å². The zero-order valence-corrected chi connectivity index (χ0v) is 9.89. The SMILES string of the molecule is Clc1ccc(C#Cc2ccccc2)c(Cl)c1. The minimum Gasteiger partial charge on any atom is -0.0843 e. The van der Waals surface area contributed by atoms with Gasteiger partial charge in [-0.2, -0.15) is 0 Å². The number of hydrogen-bond donors (Lipinski definition) is 0. The lowest BCUT2D eigenvalue weighted by atomic mass is 10.2. The lowest BCUT2D eigenvalue weighted by Gasteiger charge is -1.95. The van der Waals surface area contributed by atoms with Gasteiger partial charge in [-0.3, -0.25) is 0 Å². The molecule has 0 unspecified atom stereocenters. The summed E-state index contributed by atoms with van der Waals surface area (Å²) in [5.74, 6) is 6.06. The zero-order chi connectivity index (χ0) is 11.4. The average Bonchev–Trinajstić information content (AvgIpc) is 2.29. The highest BCUT2D eigenvalue weighted by atomic mass is 35.5. The molecule has 2 aromatic carbocycles. The molecule has 0 spiro atoms. The van der Waals surface area contributed by atoms with Crippen molar-refractivity contribution in [1.29, 1.82) is 0 Å². The molecular weight excluding hydrogens is 239 g/mol. The molecule has 0 saturated carbocycles. The molecule has 0 amide bonds. The Bertz CT molecular complexity index is 548. The molecule has 16 heavy (non-hydrogen) atoms. The van der Waals surface area contributed by atoms with Crippen molar-refractivity contribution >= 4 is 23.2 Å². The number of benzene rings is 2. The van der Waals surface area contributed by atoms with Crippen LogP contribution in [-0.2, 0) is 0 Å². The number of halogens is 2. The van der Waals surface area contributed by atoms with E-state index in [-0.39, 0.29) is 0 Å². The van der Waals surface area contributed by atoms with E-state index in [2.05, 4.69) is 11.8 Å². The first kappa shape index (κ1) is 11.1. The topological polar surface area (TPSA) is 0 Å². The average molecular weight is 247 g/mol. The van der Waals surface area contributed by atoms with E-state index in [1.165, 1.54) is 0 Å². The van der Waals surface area contributed by atoms with Crippen molar-refractivity contribution in [2.45, 2.75) is 0 Å². The number of rotatable bonds is 0. The van der Waals surface area contributed by atoms with E-state index < -0.39 is 0 Å². The summed E-state index contributed by atoms with van der Waals surface area (Å²) in [6.45, 7) is 0. The molecule has 2 aromatic rings. The Balaban J connectivity index is 2.31. The van der Waals surface area contributed by atoms with Crippen molar-refractivity contribution in [3.8, 4) is 11.8 Å². The van der Waals surface area contributed by atoms with E-state index in [1.807, 2.05) is 36.4 Å². The minimum atomic E-state index is 0.580. The maximum absolute atomic E-state index is 6.01. The Morgan fingerprint density at radius 1 is 0.812 bits per heavy atom. The molecule has 0 saturated heterocycles. The third kappa shape index (κ3) is 2.79. The van der Waals surface area contributed by atoms with E-state index in [9.17, 15) is 0 Å². The Kier molecular flexibility index (Phi) is 3.51. The van der Waals surface area contributed by atoms with E-state index in [0.29, 0.717) is 10.0 Å². The molecule has 0 aromatic heterocycles. The van der Waals surface area contributed by atoms with E-state index >= 15 is 0 Å². The van der Waals surface area contributed by atoms with Gasteiger partial charge in [0, 0.05) is 16.1 Å². The molecule has 0 N–H and O–H groups in total. The fourth-order valence-electron chi connectivity index (χ4n) is 1.25. The van der Waals surface area contributed by atoms with Gasteiger partial charge in [-0.25, -0.2) is 0 Å². The Morgan fingerprint density at radius 2 is 1.56 bits per heavy atom. The van der Waals surface area contributed by atoms with Crippen molar-refractivity contribution in [3.63, 3.8) is 0 Å². The molecule has 0 atom stereocenters. The number of hydrogen-bond acceptors (Lipinski definition) is 0. The van der Waals surface area contributed by atoms with Crippen molar-refractivity contribution in [2.24, 2.45) is 0 Å². The molecule has 2 heteroatoms. The molecule has 0 heterocycles. The van der Waals surface area contributed by atoms with Crippen LogP contribution in [0.25, 0.3) is 0 Å². The maximum Gasteiger partial charge on any atom is 0.0577 e. The van der Waals surface area contributed by atoms with Crippen LogP contribution in [0.4, 0.5) is 0 Å². The highest BCUT2D eigenvalue weighted by molar-refractivity contribution is 6.35. The Hall–Kier alpha value is -1.42. The fraction of sp³-hybridized carbons (Fsp3) is 0. The predicted octanol–water partition coefficient (Wildman–Crippen LogP) is 4.39. The van der Waals surface area contributed by atoms with Gasteiger partial charge in [0.2, 0.25) is 0 Å². The van der Waals surface area contributed by atoms with Crippen LogP contribution in [0.2, 0.25) is 10.0 Å². The van der Waals surface area contributed by atoms with Crippen LogP contribution in [0, 0.1) is 11.8 Å². The highest BCUT2D eigenvalue weighted by Crippen LogP contribution is 2.20. The molecule has 0 aliphatic rings. The summed E-state index contributed by atoms with van der Waals surface area (Å²) < 4.78 is 0. The molecule has 2 rings (SSSR count). The van der Waals surface area contributed by atoms with Gasteiger partial charge < -0.3 is 0 Å². The molecule has 0 fully saturated rings. The zero-order valence-electron chi connectivity index (χ0n) is 8.37. The van der Waals surface area contributed by atoms with Crippen LogP contribution >= 0.6 is 23.2 Å². The molecule has 78 valence electrons. The summed E-state index contributed by atoms with van der Waals surface area (Å²) in [5, 5.41) is 1.20. The van der Waals surface area contributed by atoms with Crippen LogP contribution in [0.5, 0.6) is 0 Å². The highest BCUT2D eigenvalue weighted by Gasteiger charge is 1.96. The quantitative estimate of drug-likeness (QED) is 0.605. The van der Waals surface area contributed by atoms with Crippen molar-refractivity contribution < 1.29 is 0 Å². The van der Waals surface area contributed by atoms with Crippen LogP contribution in [0.15, 0.2) is 48.5 Å². The molecule has 0 aliphatic carbocycles. The van der Waals surface area contributed by atoms with Gasteiger partial charge in [0.05, 0.1) is 5.02 Å². The molecule has 0 radical (unpaired) electrons. The molecule has 0 nitrogen and oxygen atoms in total. The van der Waals surface area contributed by atoms with Crippen molar-refractivity contribution in [1.82, 2.24) is 0 Å². The molecule has 0 aliphatic heterocycles. The second-order valence-electron chi connectivity index (χ2n) is 3.24. The standard InChI is InChI=1S/C14H8Cl2/c15-13-9-8-12(14(16)10-13)7-6-11-4-2-1-3-5-11/h1-5,8-10H. The van der Waals surface area contributed by atoms with Crippen LogP contribution in [0.3, 0.4) is 0 Å². The summed E-state index contributed by atoms with van der Waals surface area (Å²) in [5.41, 5.74) is 1.75. The maximum atomic E-state index is 6.01. The van der Waals surface area contributed by atoms with E-state index in [0.717, 1.165) is 11.1 Å². The molecular formula is C14H8Cl2. The summed E-state index contributed by atoms with van der Waals surface area (Å²) in [4.78, 5) is 0. The summed E-state index contributed by atoms with van der Waals surface area (Å²) in [6, 6.07) is 15.1. The van der Waals surface area contributed by atoms with Gasteiger partial charge in [0.15, 0.2) is 0 Å². The van der Waals surface area contributed by atoms with Gasteiger partial charge in [-0.1, -0.05) is 53.2 Å². The summed E-state index contributed by atoms with van der Waals surface area (Å²) >= 11 is 11.8. The predicted molar refractivity (Wildman–Crippen MR) is 68.9 cm³/mol. The van der Waals surface area contributed by atoms with Gasteiger partial charge in [0.1, 0.15) is 0 Å². The monoisotopic (exact) mass is 246 g/mol.